The molecule has 0 aliphatic rings. The first-order chi connectivity index (χ1) is 11.6. The average Bonchev–Trinajstić information content (AvgIpc) is 2.62. The molecule has 0 aliphatic heterocycles. The highest BCUT2D eigenvalue weighted by atomic mass is 15.1. The maximum Gasteiger partial charge on any atom is 0.0463 e. The van der Waals surface area contributed by atoms with Gasteiger partial charge in [0.2, 0.25) is 0 Å². The molecule has 0 atom stereocenters. The Labute approximate surface area is 144 Å². The van der Waals surface area contributed by atoms with Crippen molar-refractivity contribution in [1.82, 2.24) is 0 Å². The van der Waals surface area contributed by atoms with Gasteiger partial charge in [-0.2, -0.15) is 0 Å². The van der Waals surface area contributed by atoms with E-state index in [9.17, 15) is 0 Å². The molecule has 3 rings (SSSR count). The standard InChI is InChI=1S/C19H19N3.C2H6/c1-14-2-8-17(9-3-14)22(18-10-4-15(20)5-11-18)19-12-6-16(21)7-13-19;1-2/h2-13H,20-21H2,1H3;1-2H3. The summed E-state index contributed by atoms with van der Waals surface area (Å²) in [5, 5.41) is 0. The van der Waals surface area contributed by atoms with Crippen LogP contribution in [0.3, 0.4) is 0 Å². The monoisotopic (exact) mass is 319 g/mol. The highest BCUT2D eigenvalue weighted by Gasteiger charge is 2.11. The lowest BCUT2D eigenvalue weighted by Gasteiger charge is -2.25. The fourth-order valence-corrected chi connectivity index (χ4v) is 2.39. The Bertz CT molecular complexity index is 636. The van der Waals surface area contributed by atoms with Crippen LogP contribution >= 0.6 is 0 Å². The van der Waals surface area contributed by atoms with Crippen LogP contribution in [0, 0.1) is 6.92 Å². The number of rotatable bonds is 3. The van der Waals surface area contributed by atoms with Gasteiger partial charge >= 0.3 is 0 Å². The normalized spacial score (nSPS) is 9.79. The van der Waals surface area contributed by atoms with Crippen LogP contribution in [0.2, 0.25) is 0 Å². The van der Waals surface area contributed by atoms with E-state index < -0.39 is 0 Å². The lowest BCUT2D eigenvalue weighted by atomic mass is 10.1. The molecule has 0 fully saturated rings. The first-order valence-electron chi connectivity index (χ1n) is 8.21. The van der Waals surface area contributed by atoms with Gasteiger partial charge in [0.1, 0.15) is 0 Å². The summed E-state index contributed by atoms with van der Waals surface area (Å²) >= 11 is 0. The Hall–Kier alpha value is -2.94. The molecule has 0 saturated heterocycles. The van der Waals surface area contributed by atoms with E-state index in [1.54, 1.807) is 0 Å². The van der Waals surface area contributed by atoms with Gasteiger partial charge in [0, 0.05) is 28.4 Å². The summed E-state index contributed by atoms with van der Waals surface area (Å²) < 4.78 is 0. The van der Waals surface area contributed by atoms with Gasteiger partial charge in [-0.05, 0) is 67.6 Å². The lowest BCUT2D eigenvalue weighted by molar-refractivity contribution is 1.28. The summed E-state index contributed by atoms with van der Waals surface area (Å²) in [4.78, 5) is 2.18. The van der Waals surface area contributed by atoms with E-state index >= 15 is 0 Å². The van der Waals surface area contributed by atoms with Crippen molar-refractivity contribution in [1.29, 1.82) is 0 Å². The molecule has 24 heavy (non-hydrogen) atoms. The molecule has 0 bridgehead atoms. The Morgan fingerprint density at radius 3 is 1.17 bits per heavy atom. The number of hydrogen-bond donors (Lipinski definition) is 2. The molecule has 0 aliphatic carbocycles. The third kappa shape index (κ3) is 4.07. The van der Waals surface area contributed by atoms with Crippen LogP contribution in [0.4, 0.5) is 28.4 Å². The predicted molar refractivity (Wildman–Crippen MR) is 106 cm³/mol. The maximum absolute atomic E-state index is 5.81. The first kappa shape index (κ1) is 17.4. The third-order valence-electron chi connectivity index (χ3n) is 3.59. The number of hydrogen-bond acceptors (Lipinski definition) is 3. The molecule has 0 amide bonds. The van der Waals surface area contributed by atoms with Crippen LogP contribution in [-0.4, -0.2) is 0 Å². The molecule has 0 radical (unpaired) electrons. The van der Waals surface area contributed by atoms with E-state index in [-0.39, 0.29) is 0 Å². The average molecular weight is 319 g/mol. The fourth-order valence-electron chi connectivity index (χ4n) is 2.39. The van der Waals surface area contributed by atoms with Crippen molar-refractivity contribution in [3.63, 3.8) is 0 Å². The van der Waals surface area contributed by atoms with E-state index in [0.717, 1.165) is 28.4 Å². The van der Waals surface area contributed by atoms with Crippen LogP contribution in [0.5, 0.6) is 0 Å². The van der Waals surface area contributed by atoms with E-state index in [0.29, 0.717) is 0 Å². The summed E-state index contributed by atoms with van der Waals surface area (Å²) in [7, 11) is 0. The fraction of sp³-hybridized carbons (Fsp3) is 0.143. The van der Waals surface area contributed by atoms with Crippen molar-refractivity contribution in [3.05, 3.63) is 78.4 Å². The zero-order valence-corrected chi connectivity index (χ0v) is 14.5. The van der Waals surface area contributed by atoms with Crippen LogP contribution in [0.1, 0.15) is 19.4 Å². The summed E-state index contributed by atoms with van der Waals surface area (Å²) in [6, 6.07) is 24.2. The van der Waals surface area contributed by atoms with Crippen molar-refractivity contribution in [2.45, 2.75) is 20.8 Å². The highest BCUT2D eigenvalue weighted by molar-refractivity contribution is 5.77. The largest absolute Gasteiger partial charge is 0.399 e. The topological polar surface area (TPSA) is 55.3 Å². The molecule has 0 spiro atoms. The summed E-state index contributed by atoms with van der Waals surface area (Å²) in [6.45, 7) is 6.08. The van der Waals surface area contributed by atoms with Gasteiger partial charge in [-0.25, -0.2) is 0 Å². The third-order valence-corrected chi connectivity index (χ3v) is 3.59. The summed E-state index contributed by atoms with van der Waals surface area (Å²) in [5.74, 6) is 0. The van der Waals surface area contributed by atoms with E-state index in [2.05, 4.69) is 36.1 Å². The second kappa shape index (κ2) is 8.06. The zero-order chi connectivity index (χ0) is 17.5. The van der Waals surface area contributed by atoms with Crippen molar-refractivity contribution >= 4 is 28.4 Å². The van der Waals surface area contributed by atoms with Crippen LogP contribution in [0.15, 0.2) is 72.8 Å². The van der Waals surface area contributed by atoms with Crippen LogP contribution < -0.4 is 16.4 Å². The maximum atomic E-state index is 5.81. The molecule has 3 heteroatoms. The van der Waals surface area contributed by atoms with Crippen molar-refractivity contribution in [2.24, 2.45) is 0 Å². The van der Waals surface area contributed by atoms with E-state index in [1.807, 2.05) is 62.4 Å². The molecular weight excluding hydrogens is 294 g/mol. The Morgan fingerprint density at radius 1 is 0.542 bits per heavy atom. The minimum absolute atomic E-state index is 0.755. The first-order valence-corrected chi connectivity index (χ1v) is 8.21. The molecule has 3 aromatic rings. The highest BCUT2D eigenvalue weighted by Crippen LogP contribution is 2.35. The van der Waals surface area contributed by atoms with E-state index in [4.69, 9.17) is 11.5 Å². The molecule has 124 valence electrons. The predicted octanol–water partition coefficient (Wildman–Crippen LogP) is 5.66. The molecule has 3 nitrogen and oxygen atoms in total. The van der Waals surface area contributed by atoms with Crippen LogP contribution in [-0.2, 0) is 0 Å². The smallest absolute Gasteiger partial charge is 0.0463 e. The Balaban J connectivity index is 0.00000100. The number of nitrogen functional groups attached to an aromatic ring is 2. The number of benzene rings is 3. The molecule has 0 saturated carbocycles. The number of nitrogens with zero attached hydrogens (tertiary/aromatic N) is 1. The quantitative estimate of drug-likeness (QED) is 0.613. The van der Waals surface area contributed by atoms with E-state index in [1.165, 1.54) is 5.56 Å². The molecule has 0 aromatic heterocycles. The summed E-state index contributed by atoms with van der Waals surface area (Å²) in [6.07, 6.45) is 0. The summed E-state index contributed by atoms with van der Waals surface area (Å²) in [5.41, 5.74) is 17.6. The molecular formula is C21H25N3. The number of nitrogens with two attached hydrogens (primary N) is 2. The zero-order valence-electron chi connectivity index (χ0n) is 14.5. The number of anilines is 5. The SMILES string of the molecule is CC.Cc1ccc(N(c2ccc(N)cc2)c2ccc(N)cc2)cc1. The van der Waals surface area contributed by atoms with Gasteiger partial charge < -0.3 is 16.4 Å². The van der Waals surface area contributed by atoms with Gasteiger partial charge in [0.05, 0.1) is 0 Å². The van der Waals surface area contributed by atoms with Gasteiger partial charge in [-0.3, -0.25) is 0 Å². The van der Waals surface area contributed by atoms with Crippen LogP contribution in [0.25, 0.3) is 0 Å². The van der Waals surface area contributed by atoms with Crippen molar-refractivity contribution < 1.29 is 0 Å². The minimum Gasteiger partial charge on any atom is -0.399 e. The second-order valence-corrected chi connectivity index (χ2v) is 5.35. The molecule has 0 unspecified atom stereocenters. The number of aryl methyl sites for hydroxylation is 1. The lowest BCUT2D eigenvalue weighted by Crippen LogP contribution is -2.10. The van der Waals surface area contributed by atoms with Gasteiger partial charge in [-0.1, -0.05) is 31.5 Å². The molecule has 4 N–H and O–H groups in total. The molecule has 0 heterocycles. The van der Waals surface area contributed by atoms with Gasteiger partial charge in [0.15, 0.2) is 0 Å². The molecule has 3 aromatic carbocycles. The van der Waals surface area contributed by atoms with Gasteiger partial charge in [0.25, 0.3) is 0 Å². The Kier molecular flexibility index (Phi) is 5.85. The second-order valence-electron chi connectivity index (χ2n) is 5.35. The van der Waals surface area contributed by atoms with Crippen molar-refractivity contribution in [3.8, 4) is 0 Å². The Morgan fingerprint density at radius 2 is 0.833 bits per heavy atom. The minimum atomic E-state index is 0.755. The van der Waals surface area contributed by atoms with Gasteiger partial charge in [-0.15, -0.1) is 0 Å². The van der Waals surface area contributed by atoms with Crippen molar-refractivity contribution in [2.75, 3.05) is 16.4 Å².